The summed E-state index contributed by atoms with van der Waals surface area (Å²) in [5.41, 5.74) is 4.49. The van der Waals surface area contributed by atoms with E-state index in [-0.39, 0.29) is 42.6 Å². The minimum atomic E-state index is -4.59. The molecule has 2 atom stereocenters. The summed E-state index contributed by atoms with van der Waals surface area (Å²) >= 11 is 0. The van der Waals surface area contributed by atoms with E-state index in [2.05, 4.69) is 9.97 Å². The zero-order chi connectivity index (χ0) is 26.8. The highest BCUT2D eigenvalue weighted by molar-refractivity contribution is 5.95. The number of Topliss-reactive ketones (excluding diaryl/α,β-unsaturated/α-hetero) is 1. The summed E-state index contributed by atoms with van der Waals surface area (Å²) in [6.07, 6.45) is -4.08. The lowest BCUT2D eigenvalue weighted by Crippen LogP contribution is -2.47. The summed E-state index contributed by atoms with van der Waals surface area (Å²) < 4.78 is 43.8. The molecule has 1 aliphatic rings. The Kier molecular flexibility index (Phi) is 7.68. The van der Waals surface area contributed by atoms with Crippen LogP contribution in [0.15, 0.2) is 30.6 Å². The van der Waals surface area contributed by atoms with E-state index >= 15 is 0 Å². The Bertz CT molecular complexity index is 1150. The number of amides is 2. The van der Waals surface area contributed by atoms with E-state index in [0.717, 1.165) is 12.3 Å². The first kappa shape index (κ1) is 27.1. The maximum Gasteiger partial charge on any atom is 0.433 e. The first-order valence-corrected chi connectivity index (χ1v) is 11.2. The molecule has 3 rings (SSSR count). The molecule has 0 bridgehead atoms. The Morgan fingerprint density at radius 1 is 1.17 bits per heavy atom. The summed E-state index contributed by atoms with van der Waals surface area (Å²) in [5.74, 6) is -1.23. The summed E-state index contributed by atoms with van der Waals surface area (Å²) in [6, 6.07) is 2.37. The number of nitrogens with two attached hydrogens (primary N) is 1. The van der Waals surface area contributed by atoms with Gasteiger partial charge in [-0.1, -0.05) is 0 Å². The maximum absolute atomic E-state index is 13.0. The number of primary amides is 1. The van der Waals surface area contributed by atoms with Crippen LogP contribution in [0.4, 0.5) is 18.0 Å². The van der Waals surface area contributed by atoms with Crippen LogP contribution in [0.1, 0.15) is 55.2 Å². The van der Waals surface area contributed by atoms with Gasteiger partial charge in [-0.25, -0.2) is 4.79 Å². The monoisotopic (exact) mass is 508 g/mol. The highest BCUT2D eigenvalue weighted by Crippen LogP contribution is 2.29. The van der Waals surface area contributed by atoms with Gasteiger partial charge in [-0.15, -0.1) is 0 Å². The minimum Gasteiger partial charge on any atom is -0.444 e. The molecule has 36 heavy (non-hydrogen) atoms. The van der Waals surface area contributed by atoms with E-state index in [1.54, 1.807) is 20.8 Å². The van der Waals surface area contributed by atoms with Gasteiger partial charge in [0.1, 0.15) is 17.3 Å². The molecule has 1 saturated heterocycles. The fourth-order valence-electron chi connectivity index (χ4n) is 3.89. The van der Waals surface area contributed by atoms with Crippen LogP contribution in [0.25, 0.3) is 11.3 Å². The molecule has 1 aliphatic heterocycles. The van der Waals surface area contributed by atoms with E-state index < -0.39 is 47.4 Å². The van der Waals surface area contributed by atoms with E-state index in [1.807, 2.05) is 0 Å². The van der Waals surface area contributed by atoms with E-state index in [1.165, 1.54) is 23.2 Å². The Hall–Kier alpha value is -3.54. The predicted molar refractivity (Wildman–Crippen MR) is 122 cm³/mol. The number of carbonyl (C=O) groups excluding carboxylic acids is 3. The molecule has 12 heteroatoms. The zero-order valence-electron chi connectivity index (χ0n) is 20.0. The van der Waals surface area contributed by atoms with Crippen LogP contribution >= 0.6 is 0 Å². The van der Waals surface area contributed by atoms with Gasteiger partial charge in [0.25, 0.3) is 5.91 Å². The molecule has 9 nitrogen and oxygen atoms in total. The lowest BCUT2D eigenvalue weighted by atomic mass is 9.97. The van der Waals surface area contributed by atoms with Gasteiger partial charge < -0.3 is 15.6 Å². The van der Waals surface area contributed by atoms with Gasteiger partial charge in [0.2, 0.25) is 0 Å². The molecule has 0 saturated carbocycles. The fourth-order valence-corrected chi connectivity index (χ4v) is 3.89. The SMILES string of the molecule is CC(C)(C)OC(=O)N1CC[C@@H](O)[C@H]1C(=O)CCc1cc(-c2ccc(C(F)(F)F)nc2)ncc1C(N)=O. The average Bonchev–Trinajstić information content (AvgIpc) is 3.17. The van der Waals surface area contributed by atoms with Gasteiger partial charge in [-0.3, -0.25) is 24.5 Å². The molecule has 1 fully saturated rings. The van der Waals surface area contributed by atoms with Crippen LogP contribution in [0.2, 0.25) is 0 Å². The summed E-state index contributed by atoms with van der Waals surface area (Å²) in [4.78, 5) is 46.1. The first-order valence-electron chi connectivity index (χ1n) is 11.2. The second-order valence-corrected chi connectivity index (χ2v) is 9.46. The lowest BCUT2D eigenvalue weighted by molar-refractivity contribution is -0.141. The van der Waals surface area contributed by atoms with Crippen molar-refractivity contribution in [2.45, 2.75) is 64.0 Å². The summed E-state index contributed by atoms with van der Waals surface area (Å²) in [7, 11) is 0. The summed E-state index contributed by atoms with van der Waals surface area (Å²) in [5, 5.41) is 10.3. The lowest BCUT2D eigenvalue weighted by Gasteiger charge is -2.28. The third-order valence-corrected chi connectivity index (χ3v) is 5.57. The minimum absolute atomic E-state index is 0.0199. The van der Waals surface area contributed by atoms with Gasteiger partial charge in [0.05, 0.1) is 17.4 Å². The van der Waals surface area contributed by atoms with Crippen LogP contribution in [-0.4, -0.2) is 62.0 Å². The van der Waals surface area contributed by atoms with Crippen LogP contribution in [-0.2, 0) is 22.1 Å². The number of hydrogen-bond donors (Lipinski definition) is 2. The first-order chi connectivity index (χ1) is 16.7. The van der Waals surface area contributed by atoms with Crippen molar-refractivity contribution in [3.05, 3.63) is 47.4 Å². The third-order valence-electron chi connectivity index (χ3n) is 5.57. The number of aromatic nitrogens is 2. The quantitative estimate of drug-likeness (QED) is 0.612. The van der Waals surface area contributed by atoms with Crippen molar-refractivity contribution < 1.29 is 37.4 Å². The van der Waals surface area contributed by atoms with Crippen LogP contribution in [0.5, 0.6) is 0 Å². The molecule has 3 heterocycles. The number of alkyl halides is 3. The predicted octanol–water partition coefficient (Wildman–Crippen LogP) is 3.13. The number of aliphatic hydroxyl groups is 1. The second-order valence-electron chi connectivity index (χ2n) is 9.46. The van der Waals surface area contributed by atoms with Crippen molar-refractivity contribution in [1.82, 2.24) is 14.9 Å². The number of nitrogens with zero attached hydrogens (tertiary/aromatic N) is 3. The molecule has 0 aliphatic carbocycles. The van der Waals surface area contributed by atoms with E-state index in [9.17, 15) is 32.7 Å². The number of carbonyl (C=O) groups is 3. The number of pyridine rings is 2. The highest BCUT2D eigenvalue weighted by atomic mass is 19.4. The molecule has 0 radical (unpaired) electrons. The molecular weight excluding hydrogens is 481 g/mol. The van der Waals surface area contributed by atoms with E-state index in [4.69, 9.17) is 10.5 Å². The van der Waals surface area contributed by atoms with Crippen molar-refractivity contribution in [3.63, 3.8) is 0 Å². The molecule has 3 N–H and O–H groups in total. The van der Waals surface area contributed by atoms with Gasteiger partial charge >= 0.3 is 12.3 Å². The molecule has 2 aromatic heterocycles. The Balaban J connectivity index is 1.80. The van der Waals surface area contributed by atoms with Gasteiger partial charge in [0, 0.05) is 30.9 Å². The third kappa shape index (κ3) is 6.36. The van der Waals surface area contributed by atoms with Crippen LogP contribution < -0.4 is 5.73 Å². The van der Waals surface area contributed by atoms with Crippen molar-refractivity contribution in [3.8, 4) is 11.3 Å². The molecule has 194 valence electrons. The molecule has 0 unspecified atom stereocenters. The number of ketones is 1. The summed E-state index contributed by atoms with van der Waals surface area (Å²) in [6.45, 7) is 5.21. The average molecular weight is 508 g/mol. The Morgan fingerprint density at radius 3 is 2.42 bits per heavy atom. The van der Waals surface area contributed by atoms with Gasteiger partial charge in [-0.05, 0) is 57.4 Å². The fraction of sp³-hybridized carbons (Fsp3) is 0.458. The van der Waals surface area contributed by atoms with Crippen molar-refractivity contribution in [2.75, 3.05) is 6.54 Å². The smallest absolute Gasteiger partial charge is 0.433 e. The van der Waals surface area contributed by atoms with Gasteiger partial charge in [-0.2, -0.15) is 13.2 Å². The largest absolute Gasteiger partial charge is 0.444 e. The second kappa shape index (κ2) is 10.2. The highest BCUT2D eigenvalue weighted by Gasteiger charge is 2.42. The topological polar surface area (TPSA) is 136 Å². The van der Waals surface area contributed by atoms with E-state index in [0.29, 0.717) is 5.56 Å². The zero-order valence-corrected chi connectivity index (χ0v) is 20.0. The molecule has 0 spiro atoms. The number of ether oxygens (including phenoxy) is 1. The maximum atomic E-state index is 13.0. The Labute approximate surface area is 205 Å². The van der Waals surface area contributed by atoms with Crippen LogP contribution in [0.3, 0.4) is 0 Å². The van der Waals surface area contributed by atoms with Gasteiger partial charge in [0.15, 0.2) is 5.78 Å². The van der Waals surface area contributed by atoms with Crippen LogP contribution in [0, 0.1) is 0 Å². The Morgan fingerprint density at radius 2 is 1.86 bits per heavy atom. The number of likely N-dealkylation sites (tertiary alicyclic amines) is 1. The number of aliphatic hydroxyl groups excluding tert-OH is 1. The number of rotatable bonds is 6. The number of hydrogen-bond acceptors (Lipinski definition) is 7. The number of aryl methyl sites for hydroxylation is 1. The molecule has 2 aromatic rings. The van der Waals surface area contributed by atoms with Crippen molar-refractivity contribution in [2.24, 2.45) is 5.73 Å². The normalized spacial score (nSPS) is 18.2. The van der Waals surface area contributed by atoms with Crippen molar-refractivity contribution in [1.29, 1.82) is 0 Å². The number of halogens is 3. The molecule has 2 amide bonds. The molecular formula is C24H27F3N4O5. The standard InChI is InChI=1S/C24H27F3N4O5/c1-23(2,3)36-22(35)31-9-8-18(33)20(31)17(32)6-4-13-10-16(29-12-15(13)21(28)34)14-5-7-19(30-11-14)24(25,26)27/h5,7,10-12,18,20,33H,4,6,8-9H2,1-3H3,(H2,28,34)/t18-,20-/m1/s1. The molecule has 0 aromatic carbocycles. The van der Waals surface area contributed by atoms with Crippen molar-refractivity contribution >= 4 is 17.8 Å².